The molecule has 0 saturated heterocycles. The Labute approximate surface area is 106 Å². The molecule has 0 aliphatic rings. The highest BCUT2D eigenvalue weighted by Crippen LogP contribution is 2.19. The summed E-state index contributed by atoms with van der Waals surface area (Å²) >= 11 is 0. The number of carbonyl (C=O) groups is 3. The highest BCUT2D eigenvalue weighted by Gasteiger charge is 2.10. The Kier molecular flexibility index (Phi) is 5.24. The third kappa shape index (κ3) is 3.80. The Balaban J connectivity index is 2.86. The maximum atomic E-state index is 11.5. The van der Waals surface area contributed by atoms with E-state index < -0.39 is 0 Å². The van der Waals surface area contributed by atoms with Crippen LogP contribution >= 0.6 is 0 Å². The minimum Gasteiger partial charge on any atom is -0.426 e. The van der Waals surface area contributed by atoms with Gasteiger partial charge >= 0.3 is 5.97 Å². The molecule has 0 bridgehead atoms. The van der Waals surface area contributed by atoms with E-state index in [1.165, 1.54) is 25.1 Å². The van der Waals surface area contributed by atoms with Crippen LogP contribution in [0, 0.1) is 0 Å². The van der Waals surface area contributed by atoms with Crippen LogP contribution < -0.4 is 4.74 Å². The van der Waals surface area contributed by atoms with E-state index in [0.29, 0.717) is 18.3 Å². The van der Waals surface area contributed by atoms with Crippen molar-refractivity contribution >= 4 is 18.0 Å². The van der Waals surface area contributed by atoms with Crippen LogP contribution in [0.5, 0.6) is 5.75 Å². The Morgan fingerprint density at radius 1 is 1.33 bits per heavy atom. The lowest BCUT2D eigenvalue weighted by Crippen LogP contribution is -2.09. The van der Waals surface area contributed by atoms with Crippen LogP contribution in [-0.4, -0.2) is 18.0 Å². The molecule has 0 aliphatic carbocycles. The first-order valence-electron chi connectivity index (χ1n) is 5.89. The van der Waals surface area contributed by atoms with Gasteiger partial charge in [-0.05, 0) is 31.5 Å². The molecular weight excluding hydrogens is 232 g/mol. The molecule has 0 saturated carbocycles. The van der Waals surface area contributed by atoms with Crippen molar-refractivity contribution in [2.75, 3.05) is 0 Å². The minimum atomic E-state index is -0.365. The van der Waals surface area contributed by atoms with E-state index in [4.69, 9.17) is 4.74 Å². The highest BCUT2D eigenvalue weighted by atomic mass is 16.5. The number of hydrogen-bond donors (Lipinski definition) is 0. The number of Topliss-reactive ketones (excluding diaryl/α,β-unsaturated/α-hetero) is 1. The fraction of sp³-hybridized carbons (Fsp3) is 0.357. The van der Waals surface area contributed by atoms with Crippen LogP contribution in [0.2, 0.25) is 0 Å². The monoisotopic (exact) mass is 248 g/mol. The number of unbranched alkanes of at least 4 members (excludes halogenated alkanes) is 1. The van der Waals surface area contributed by atoms with Crippen LogP contribution in [-0.2, 0) is 4.79 Å². The number of aldehydes is 1. The molecule has 0 amide bonds. The number of carbonyl (C=O) groups excluding carboxylic acids is 3. The van der Waals surface area contributed by atoms with E-state index in [2.05, 4.69) is 0 Å². The molecule has 1 aromatic carbocycles. The van der Waals surface area contributed by atoms with Crippen LogP contribution in [0.4, 0.5) is 0 Å². The summed E-state index contributed by atoms with van der Waals surface area (Å²) in [5.41, 5.74) is 0.637. The lowest BCUT2D eigenvalue weighted by atomic mass is 10.1. The van der Waals surface area contributed by atoms with Gasteiger partial charge in [-0.3, -0.25) is 14.4 Å². The van der Waals surface area contributed by atoms with Crippen molar-refractivity contribution in [3.8, 4) is 5.75 Å². The Bertz CT molecular complexity index is 463. The number of rotatable bonds is 6. The third-order valence-corrected chi connectivity index (χ3v) is 2.50. The Morgan fingerprint density at radius 2 is 2.06 bits per heavy atom. The van der Waals surface area contributed by atoms with Crippen molar-refractivity contribution in [1.82, 2.24) is 0 Å². The SMILES string of the molecule is CCCCC(=O)Oc1ccc(C(C)=O)cc1C=O. The maximum Gasteiger partial charge on any atom is 0.311 e. The van der Waals surface area contributed by atoms with Crippen molar-refractivity contribution in [3.05, 3.63) is 29.3 Å². The summed E-state index contributed by atoms with van der Waals surface area (Å²) in [6, 6.07) is 4.44. The first kappa shape index (κ1) is 14.1. The summed E-state index contributed by atoms with van der Waals surface area (Å²) in [6.45, 7) is 3.39. The van der Waals surface area contributed by atoms with E-state index in [1.54, 1.807) is 0 Å². The number of esters is 1. The molecule has 0 unspecified atom stereocenters. The van der Waals surface area contributed by atoms with E-state index in [-0.39, 0.29) is 23.1 Å². The van der Waals surface area contributed by atoms with Crippen LogP contribution in [0.3, 0.4) is 0 Å². The van der Waals surface area contributed by atoms with Gasteiger partial charge in [0.2, 0.25) is 0 Å². The highest BCUT2D eigenvalue weighted by molar-refractivity contribution is 5.96. The fourth-order valence-corrected chi connectivity index (χ4v) is 1.45. The van der Waals surface area contributed by atoms with Gasteiger partial charge in [-0.2, -0.15) is 0 Å². The molecule has 4 heteroatoms. The molecule has 1 rings (SSSR count). The van der Waals surface area contributed by atoms with Gasteiger partial charge in [0.1, 0.15) is 5.75 Å². The number of ketones is 1. The van der Waals surface area contributed by atoms with Gasteiger partial charge in [-0.25, -0.2) is 0 Å². The summed E-state index contributed by atoms with van der Waals surface area (Å²) < 4.78 is 5.09. The summed E-state index contributed by atoms with van der Waals surface area (Å²) in [4.78, 5) is 33.5. The second kappa shape index (κ2) is 6.69. The largest absolute Gasteiger partial charge is 0.426 e. The van der Waals surface area contributed by atoms with Crippen LogP contribution in [0.15, 0.2) is 18.2 Å². The van der Waals surface area contributed by atoms with Crippen LogP contribution in [0.25, 0.3) is 0 Å². The number of hydrogen-bond acceptors (Lipinski definition) is 4. The molecule has 0 aromatic heterocycles. The van der Waals surface area contributed by atoms with Gasteiger partial charge < -0.3 is 4.74 Å². The molecule has 0 atom stereocenters. The lowest BCUT2D eigenvalue weighted by molar-refractivity contribution is -0.134. The van der Waals surface area contributed by atoms with Crippen molar-refractivity contribution < 1.29 is 19.1 Å². The minimum absolute atomic E-state index is 0.137. The van der Waals surface area contributed by atoms with Gasteiger partial charge in [0, 0.05) is 12.0 Å². The summed E-state index contributed by atoms with van der Waals surface area (Å²) in [5, 5.41) is 0. The van der Waals surface area contributed by atoms with Gasteiger partial charge in [-0.1, -0.05) is 13.3 Å². The molecule has 0 N–H and O–H groups in total. The molecule has 18 heavy (non-hydrogen) atoms. The predicted molar refractivity (Wildman–Crippen MR) is 67.0 cm³/mol. The van der Waals surface area contributed by atoms with Gasteiger partial charge in [0.15, 0.2) is 12.1 Å². The van der Waals surface area contributed by atoms with Gasteiger partial charge in [0.05, 0.1) is 5.56 Å². The first-order valence-corrected chi connectivity index (χ1v) is 5.89. The zero-order valence-electron chi connectivity index (χ0n) is 10.6. The predicted octanol–water partition coefficient (Wildman–Crippen LogP) is 2.80. The zero-order chi connectivity index (χ0) is 13.5. The molecule has 0 spiro atoms. The molecule has 1 aromatic rings. The van der Waals surface area contributed by atoms with Crippen LogP contribution in [0.1, 0.15) is 53.8 Å². The van der Waals surface area contributed by atoms with Crippen molar-refractivity contribution in [3.63, 3.8) is 0 Å². The molecule has 4 nitrogen and oxygen atoms in total. The van der Waals surface area contributed by atoms with E-state index in [1.807, 2.05) is 6.92 Å². The summed E-state index contributed by atoms with van der Waals surface area (Å²) in [5.74, 6) is -0.298. The topological polar surface area (TPSA) is 60.4 Å². The Hall–Kier alpha value is -1.97. The van der Waals surface area contributed by atoms with E-state index in [9.17, 15) is 14.4 Å². The number of ether oxygens (including phenoxy) is 1. The zero-order valence-corrected chi connectivity index (χ0v) is 10.6. The van der Waals surface area contributed by atoms with E-state index in [0.717, 1.165) is 12.8 Å². The quantitative estimate of drug-likeness (QED) is 0.336. The Morgan fingerprint density at radius 3 is 2.61 bits per heavy atom. The standard InChI is InChI=1S/C14H16O4/c1-3-4-5-14(17)18-13-7-6-11(10(2)16)8-12(13)9-15/h6-9H,3-5H2,1-2H3. The van der Waals surface area contributed by atoms with E-state index >= 15 is 0 Å². The van der Waals surface area contributed by atoms with Gasteiger partial charge in [-0.15, -0.1) is 0 Å². The molecule has 0 fully saturated rings. The molecule has 96 valence electrons. The average Bonchev–Trinajstić information content (AvgIpc) is 2.36. The fourth-order valence-electron chi connectivity index (χ4n) is 1.45. The number of benzene rings is 1. The molecule has 0 radical (unpaired) electrons. The van der Waals surface area contributed by atoms with Crippen molar-refractivity contribution in [1.29, 1.82) is 0 Å². The van der Waals surface area contributed by atoms with Crippen molar-refractivity contribution in [2.45, 2.75) is 33.1 Å². The first-order chi connectivity index (χ1) is 8.58. The second-order valence-electron chi connectivity index (χ2n) is 4.00. The average molecular weight is 248 g/mol. The smallest absolute Gasteiger partial charge is 0.311 e. The molecule has 0 heterocycles. The van der Waals surface area contributed by atoms with Gasteiger partial charge in [0.25, 0.3) is 0 Å². The summed E-state index contributed by atoms with van der Waals surface area (Å²) in [6.07, 6.45) is 2.55. The molecular formula is C14H16O4. The second-order valence-corrected chi connectivity index (χ2v) is 4.00. The maximum absolute atomic E-state index is 11.5. The third-order valence-electron chi connectivity index (χ3n) is 2.50. The normalized spacial score (nSPS) is 9.89. The van der Waals surface area contributed by atoms with Crippen molar-refractivity contribution in [2.24, 2.45) is 0 Å². The lowest BCUT2D eigenvalue weighted by Gasteiger charge is -2.07. The molecule has 0 aliphatic heterocycles. The summed E-state index contributed by atoms with van der Waals surface area (Å²) in [7, 11) is 0.